The highest BCUT2D eigenvalue weighted by molar-refractivity contribution is 5.83. The van der Waals surface area contributed by atoms with Gasteiger partial charge in [0.1, 0.15) is 18.9 Å². The number of rotatable bonds is 27. The number of allylic oxidation sites excluding steroid dienone is 2. The van der Waals surface area contributed by atoms with Gasteiger partial charge in [0.2, 0.25) is 5.91 Å². The summed E-state index contributed by atoms with van der Waals surface area (Å²) in [5.41, 5.74) is 0.682. The Balaban J connectivity index is 1.65. The van der Waals surface area contributed by atoms with Gasteiger partial charge in [0.05, 0.1) is 25.9 Å². The molecule has 1 aliphatic carbocycles. The average molecular weight is 733 g/mol. The van der Waals surface area contributed by atoms with Crippen molar-refractivity contribution in [2.45, 2.75) is 115 Å². The minimum Gasteiger partial charge on any atom is -0.493 e. The third-order valence-electron chi connectivity index (χ3n) is 8.90. The first-order valence-corrected chi connectivity index (χ1v) is 18.3. The number of carbonyl (C=O) groups excluding carboxylic acids is 4. The molecule has 0 unspecified atom stereocenters. The van der Waals surface area contributed by atoms with Crippen LogP contribution in [0.15, 0.2) is 36.4 Å². The number of Topliss-reactive ketones (excluding diaryl/α,β-unsaturated/α-hetero) is 1. The molecule has 0 saturated heterocycles. The number of ketones is 1. The molecule has 52 heavy (non-hydrogen) atoms. The van der Waals surface area contributed by atoms with Crippen molar-refractivity contribution in [3.8, 4) is 11.5 Å². The lowest BCUT2D eigenvalue weighted by atomic mass is 9.86. The largest absolute Gasteiger partial charge is 0.493 e. The highest BCUT2D eigenvalue weighted by atomic mass is 16.9. The summed E-state index contributed by atoms with van der Waals surface area (Å²) in [6.45, 7) is 1.64. The lowest BCUT2D eigenvalue weighted by molar-refractivity contribution is -0.757. The Morgan fingerprint density at radius 2 is 1.67 bits per heavy atom. The predicted molar refractivity (Wildman–Crippen MR) is 193 cm³/mol. The third-order valence-corrected chi connectivity index (χ3v) is 8.90. The van der Waals surface area contributed by atoms with Crippen LogP contribution in [-0.2, 0) is 28.8 Å². The van der Waals surface area contributed by atoms with Crippen molar-refractivity contribution >= 4 is 29.7 Å². The lowest BCUT2D eigenvalue weighted by Gasteiger charge is -2.22. The minimum atomic E-state index is -0.921. The van der Waals surface area contributed by atoms with Crippen LogP contribution in [0.25, 0.3) is 6.08 Å². The second kappa shape index (κ2) is 25.6. The predicted octanol–water partition coefficient (Wildman–Crippen LogP) is 5.45. The molecule has 0 aromatic heterocycles. The average Bonchev–Trinajstić information content (AvgIpc) is 3.39. The number of carbonyl (C=O) groups is 4. The number of hydrogen-bond donors (Lipinski definition) is 3. The SMILES string of the molecule is CCCCCCCC(=O)CC[C@@H]1[C@@H](CC=CCCCC(=O)NCC(=O)Oc2ccc(C=CCOC(=O)CCCO[N+](=O)[O-])cc2OC)[C@@H](O)C[C@H]1O. The van der Waals surface area contributed by atoms with Gasteiger partial charge in [0.15, 0.2) is 11.5 Å². The molecule has 1 fully saturated rings. The minimum absolute atomic E-state index is 0.0104. The normalized spacial score (nSPS) is 18.4. The molecule has 14 heteroatoms. The number of nitrogens with zero attached hydrogens (tertiary/aromatic N) is 1. The van der Waals surface area contributed by atoms with E-state index in [-0.39, 0.29) is 74.0 Å². The Morgan fingerprint density at radius 1 is 0.904 bits per heavy atom. The Morgan fingerprint density at radius 3 is 2.42 bits per heavy atom. The zero-order valence-electron chi connectivity index (χ0n) is 30.5. The molecule has 4 atom stereocenters. The summed E-state index contributed by atoms with van der Waals surface area (Å²) < 4.78 is 15.7. The quantitative estimate of drug-likeness (QED) is 0.0259. The van der Waals surface area contributed by atoms with E-state index in [1.165, 1.54) is 26.0 Å². The van der Waals surface area contributed by atoms with Crippen LogP contribution in [-0.4, -0.2) is 78.0 Å². The van der Waals surface area contributed by atoms with E-state index >= 15 is 0 Å². The first kappa shape index (κ1) is 43.9. The molecule has 0 aliphatic heterocycles. The summed E-state index contributed by atoms with van der Waals surface area (Å²) in [7, 11) is 1.42. The molecular weight excluding hydrogens is 676 g/mol. The first-order chi connectivity index (χ1) is 25.0. The van der Waals surface area contributed by atoms with Crippen LogP contribution < -0.4 is 14.8 Å². The van der Waals surface area contributed by atoms with E-state index in [0.29, 0.717) is 50.5 Å². The lowest BCUT2D eigenvalue weighted by Crippen LogP contribution is -2.31. The molecule has 3 N–H and O–H groups in total. The zero-order valence-corrected chi connectivity index (χ0v) is 30.5. The van der Waals surface area contributed by atoms with E-state index in [4.69, 9.17) is 14.2 Å². The van der Waals surface area contributed by atoms with Crippen LogP contribution in [0.4, 0.5) is 0 Å². The monoisotopic (exact) mass is 732 g/mol. The van der Waals surface area contributed by atoms with Gasteiger partial charge in [-0.2, -0.15) is 0 Å². The highest BCUT2D eigenvalue weighted by Gasteiger charge is 2.40. The van der Waals surface area contributed by atoms with Crippen LogP contribution in [0.1, 0.15) is 109 Å². The van der Waals surface area contributed by atoms with Gasteiger partial charge in [-0.25, -0.2) is 4.79 Å². The van der Waals surface area contributed by atoms with E-state index < -0.39 is 29.2 Å². The van der Waals surface area contributed by atoms with Crippen LogP contribution in [0.3, 0.4) is 0 Å². The first-order valence-electron chi connectivity index (χ1n) is 18.3. The summed E-state index contributed by atoms with van der Waals surface area (Å²) in [5.74, 6) is -1.04. The molecule has 1 aliphatic rings. The molecule has 0 heterocycles. The summed E-state index contributed by atoms with van der Waals surface area (Å²) in [6.07, 6.45) is 15.5. The number of nitrogens with one attached hydrogen (secondary N) is 1. The van der Waals surface area contributed by atoms with E-state index in [1.54, 1.807) is 24.3 Å². The van der Waals surface area contributed by atoms with Crippen molar-refractivity contribution in [2.24, 2.45) is 11.8 Å². The van der Waals surface area contributed by atoms with Gasteiger partial charge in [-0.3, -0.25) is 14.4 Å². The Labute approximate surface area is 306 Å². The summed E-state index contributed by atoms with van der Waals surface area (Å²) in [5, 5.41) is 32.8. The standard InChI is InChI=1S/C38H56N2O12/c1-3-4-5-6-9-15-29(41)20-21-31-30(32(42)26-33(31)43)16-10-7-8-11-17-36(44)39-27-38(46)52-34-22-19-28(25-35(34)49-2)14-12-23-50-37(45)18-13-24-51-40(47)48/h7,10,12,14,19,22,25,30-33,42-43H,3-6,8-9,11,13,15-18,20-21,23-24,26-27H2,1-2H3,(H,39,44)/t30-,31-,32+,33-/m1/s1. The van der Waals surface area contributed by atoms with Crippen molar-refractivity contribution < 1.29 is 53.5 Å². The molecule has 290 valence electrons. The second-order valence-corrected chi connectivity index (χ2v) is 12.9. The number of amides is 1. The van der Waals surface area contributed by atoms with Crippen molar-refractivity contribution in [3.63, 3.8) is 0 Å². The smallest absolute Gasteiger partial charge is 0.330 e. The molecule has 1 aromatic rings. The Hall–Kier alpha value is -4.30. The molecule has 0 spiro atoms. The second-order valence-electron chi connectivity index (χ2n) is 12.9. The van der Waals surface area contributed by atoms with Crippen molar-refractivity contribution in [1.29, 1.82) is 0 Å². The van der Waals surface area contributed by atoms with E-state index in [0.717, 1.165) is 19.3 Å². The fourth-order valence-corrected chi connectivity index (χ4v) is 6.08. The van der Waals surface area contributed by atoms with Crippen molar-refractivity contribution in [2.75, 3.05) is 26.9 Å². The maximum atomic E-state index is 12.4. The van der Waals surface area contributed by atoms with Gasteiger partial charge in [-0.05, 0) is 80.6 Å². The molecule has 1 amide bonds. The van der Waals surface area contributed by atoms with Crippen LogP contribution in [0, 0.1) is 22.0 Å². The van der Waals surface area contributed by atoms with Gasteiger partial charge in [-0.15, -0.1) is 10.1 Å². The number of hydrogen-bond acceptors (Lipinski definition) is 12. The maximum absolute atomic E-state index is 12.4. The number of aliphatic hydroxyl groups excluding tert-OH is 2. The van der Waals surface area contributed by atoms with Gasteiger partial charge in [-0.1, -0.05) is 56.9 Å². The number of ether oxygens (including phenoxy) is 3. The molecule has 2 rings (SSSR count). The van der Waals surface area contributed by atoms with Gasteiger partial charge in [0.25, 0.3) is 5.09 Å². The Kier molecular flexibility index (Phi) is 21.6. The molecule has 0 bridgehead atoms. The van der Waals surface area contributed by atoms with E-state index in [1.807, 2.05) is 12.2 Å². The van der Waals surface area contributed by atoms with Gasteiger partial charge < -0.3 is 34.6 Å². The van der Waals surface area contributed by atoms with Crippen molar-refractivity contribution in [1.82, 2.24) is 5.32 Å². The Bertz CT molecular complexity index is 1330. The van der Waals surface area contributed by atoms with E-state index in [9.17, 15) is 39.5 Å². The maximum Gasteiger partial charge on any atom is 0.330 e. The van der Waals surface area contributed by atoms with Crippen LogP contribution in [0.2, 0.25) is 0 Å². The number of benzene rings is 1. The number of esters is 2. The number of unbranched alkanes of at least 4 members (excludes halogenated alkanes) is 5. The van der Waals surface area contributed by atoms with Gasteiger partial charge >= 0.3 is 11.9 Å². The molecule has 1 aromatic carbocycles. The third kappa shape index (κ3) is 18.3. The molecule has 0 radical (unpaired) electrons. The number of aliphatic hydroxyl groups is 2. The van der Waals surface area contributed by atoms with Gasteiger partial charge in [0, 0.05) is 25.7 Å². The molecular formula is C38H56N2O12. The zero-order chi connectivity index (χ0) is 38.1. The van der Waals surface area contributed by atoms with Crippen molar-refractivity contribution in [3.05, 3.63) is 52.1 Å². The molecule has 14 nitrogen and oxygen atoms in total. The topological polar surface area (TPSA) is 201 Å². The molecule has 1 saturated carbocycles. The highest BCUT2D eigenvalue weighted by Crippen LogP contribution is 2.38. The number of methoxy groups -OCH3 is 1. The van der Waals surface area contributed by atoms with E-state index in [2.05, 4.69) is 17.1 Å². The summed E-state index contributed by atoms with van der Waals surface area (Å²) >= 11 is 0. The fraction of sp³-hybridized carbons (Fsp3) is 0.632. The van der Waals surface area contributed by atoms with Crippen LogP contribution in [0.5, 0.6) is 11.5 Å². The van der Waals surface area contributed by atoms with Crippen LogP contribution >= 0.6 is 0 Å². The fourth-order valence-electron chi connectivity index (χ4n) is 6.08. The summed E-state index contributed by atoms with van der Waals surface area (Å²) in [6, 6.07) is 4.82. The summed E-state index contributed by atoms with van der Waals surface area (Å²) in [4.78, 5) is 63.0.